The zero-order chi connectivity index (χ0) is 15.5. The molecular formula is C15H23NO4S. The van der Waals surface area contributed by atoms with Crippen molar-refractivity contribution in [3.63, 3.8) is 0 Å². The standard InChI is InChI=1S/C15H23NO4S/c1-14(2)11-5-6-15(14,12(17)8-11)13(21(18,19)20)10-4-3-7-16-9-10/h9-11,13H,3-8H2,1-2H3,(H,18,19,20). The zero-order valence-electron chi connectivity index (χ0n) is 12.6. The molecule has 3 aliphatic rings. The Bertz CT molecular complexity index is 595. The van der Waals surface area contributed by atoms with Gasteiger partial charge in [-0.3, -0.25) is 14.3 Å². The van der Waals surface area contributed by atoms with Gasteiger partial charge in [0.25, 0.3) is 10.1 Å². The maximum Gasteiger partial charge on any atom is 0.269 e. The lowest BCUT2D eigenvalue weighted by Crippen LogP contribution is -2.54. The molecule has 3 rings (SSSR count). The van der Waals surface area contributed by atoms with Gasteiger partial charge in [-0.2, -0.15) is 8.42 Å². The van der Waals surface area contributed by atoms with Crippen LogP contribution in [0.1, 0.15) is 46.0 Å². The SMILES string of the molecule is CC1(C)C2CCC1(C(C1C=NCCC1)S(=O)(=O)O)C(=O)C2. The molecule has 0 amide bonds. The van der Waals surface area contributed by atoms with Crippen molar-refractivity contribution in [2.45, 2.75) is 51.2 Å². The van der Waals surface area contributed by atoms with Gasteiger partial charge in [-0.1, -0.05) is 13.8 Å². The highest BCUT2D eigenvalue weighted by atomic mass is 32.2. The first-order valence-electron chi connectivity index (χ1n) is 7.71. The highest BCUT2D eigenvalue weighted by molar-refractivity contribution is 7.86. The van der Waals surface area contributed by atoms with Crippen molar-refractivity contribution in [2.24, 2.45) is 27.7 Å². The third-order valence-corrected chi connectivity index (χ3v) is 7.70. The molecule has 0 aromatic carbocycles. The Morgan fingerprint density at radius 1 is 1.38 bits per heavy atom. The number of carbonyl (C=O) groups excluding carboxylic acids is 1. The quantitative estimate of drug-likeness (QED) is 0.809. The average Bonchev–Trinajstić information content (AvgIpc) is 2.73. The van der Waals surface area contributed by atoms with Crippen LogP contribution in [0.15, 0.2) is 4.99 Å². The molecule has 4 unspecified atom stereocenters. The van der Waals surface area contributed by atoms with Crippen LogP contribution in [0.25, 0.3) is 0 Å². The maximum atomic E-state index is 12.7. The number of carbonyl (C=O) groups is 1. The summed E-state index contributed by atoms with van der Waals surface area (Å²) >= 11 is 0. The minimum absolute atomic E-state index is 0.0188. The number of nitrogens with zero attached hydrogens (tertiary/aromatic N) is 1. The Hall–Kier alpha value is -0.750. The molecule has 6 heteroatoms. The number of rotatable bonds is 3. The van der Waals surface area contributed by atoms with Gasteiger partial charge >= 0.3 is 0 Å². The third-order valence-electron chi connectivity index (χ3n) is 6.30. The molecule has 4 atom stereocenters. The Labute approximate surface area is 126 Å². The molecule has 0 spiro atoms. The van der Waals surface area contributed by atoms with Crippen molar-refractivity contribution in [3.8, 4) is 0 Å². The second-order valence-corrected chi connectivity index (χ2v) is 8.89. The number of hydrogen-bond donors (Lipinski definition) is 1. The topological polar surface area (TPSA) is 83.8 Å². The summed E-state index contributed by atoms with van der Waals surface area (Å²) in [7, 11) is -4.31. The second-order valence-electron chi connectivity index (χ2n) is 7.35. The molecule has 2 saturated carbocycles. The molecule has 118 valence electrons. The van der Waals surface area contributed by atoms with Crippen LogP contribution in [-0.2, 0) is 14.9 Å². The molecule has 0 saturated heterocycles. The van der Waals surface area contributed by atoms with E-state index in [1.807, 2.05) is 13.8 Å². The van der Waals surface area contributed by atoms with E-state index in [0.717, 1.165) is 12.8 Å². The van der Waals surface area contributed by atoms with E-state index in [4.69, 9.17) is 0 Å². The molecule has 0 aromatic rings. The largest absolute Gasteiger partial charge is 0.299 e. The van der Waals surface area contributed by atoms with Crippen molar-refractivity contribution >= 4 is 22.1 Å². The van der Waals surface area contributed by atoms with Crippen LogP contribution < -0.4 is 0 Å². The molecule has 0 radical (unpaired) electrons. The summed E-state index contributed by atoms with van der Waals surface area (Å²) in [5, 5.41) is -1.04. The summed E-state index contributed by atoms with van der Waals surface area (Å²) in [5.74, 6) is -0.103. The van der Waals surface area contributed by atoms with Gasteiger partial charge in [0.1, 0.15) is 11.0 Å². The second kappa shape index (κ2) is 4.62. The van der Waals surface area contributed by atoms with Gasteiger partial charge in [0.05, 0.1) is 5.41 Å². The molecule has 2 aliphatic carbocycles. The van der Waals surface area contributed by atoms with Gasteiger partial charge in [0.15, 0.2) is 0 Å². The Morgan fingerprint density at radius 3 is 2.52 bits per heavy atom. The summed E-state index contributed by atoms with van der Waals surface area (Å²) in [6.45, 7) is 4.68. The average molecular weight is 313 g/mol. The van der Waals surface area contributed by atoms with Gasteiger partial charge in [-0.05, 0) is 37.0 Å². The van der Waals surface area contributed by atoms with E-state index in [1.165, 1.54) is 0 Å². The van der Waals surface area contributed by atoms with Crippen molar-refractivity contribution in [1.29, 1.82) is 0 Å². The predicted octanol–water partition coefficient (Wildman–Crippen LogP) is 2.12. The van der Waals surface area contributed by atoms with Crippen LogP contribution in [0.4, 0.5) is 0 Å². The van der Waals surface area contributed by atoms with Gasteiger partial charge in [-0.25, -0.2) is 0 Å². The van der Waals surface area contributed by atoms with Crippen LogP contribution in [0, 0.1) is 22.7 Å². The Kier molecular flexibility index (Phi) is 3.34. The van der Waals surface area contributed by atoms with Crippen molar-refractivity contribution in [1.82, 2.24) is 0 Å². The summed E-state index contributed by atoms with van der Waals surface area (Å²) in [5.41, 5.74) is -1.32. The van der Waals surface area contributed by atoms with Crippen LogP contribution in [0.5, 0.6) is 0 Å². The first-order chi connectivity index (χ1) is 9.71. The Balaban J connectivity index is 2.14. The number of fused-ring (bicyclic) bond motifs is 2. The number of Topliss-reactive ketones (excluding diaryl/α,β-unsaturated/α-hetero) is 1. The molecule has 1 aliphatic heterocycles. The van der Waals surface area contributed by atoms with Crippen LogP contribution >= 0.6 is 0 Å². The highest BCUT2D eigenvalue weighted by Gasteiger charge is 2.70. The molecule has 2 fully saturated rings. The van der Waals surface area contributed by atoms with Crippen LogP contribution in [-0.4, -0.2) is 36.8 Å². The third kappa shape index (κ3) is 1.95. The van der Waals surface area contributed by atoms with E-state index >= 15 is 0 Å². The van der Waals surface area contributed by atoms with Crippen LogP contribution in [0.2, 0.25) is 0 Å². The summed E-state index contributed by atoms with van der Waals surface area (Å²) in [4.78, 5) is 16.9. The van der Waals surface area contributed by atoms with E-state index in [-0.39, 0.29) is 23.0 Å². The van der Waals surface area contributed by atoms with E-state index in [0.29, 0.717) is 25.8 Å². The fourth-order valence-corrected chi connectivity index (χ4v) is 6.86. The van der Waals surface area contributed by atoms with Gasteiger partial charge < -0.3 is 0 Å². The van der Waals surface area contributed by atoms with Gasteiger partial charge in [-0.15, -0.1) is 0 Å². The van der Waals surface area contributed by atoms with Crippen LogP contribution in [0.3, 0.4) is 0 Å². The molecular weight excluding hydrogens is 290 g/mol. The lowest BCUT2D eigenvalue weighted by atomic mass is 9.63. The minimum atomic E-state index is -4.31. The monoisotopic (exact) mass is 313 g/mol. The zero-order valence-corrected chi connectivity index (χ0v) is 13.4. The molecule has 1 heterocycles. The predicted molar refractivity (Wildman–Crippen MR) is 80.0 cm³/mol. The smallest absolute Gasteiger partial charge is 0.269 e. The van der Waals surface area contributed by atoms with E-state index in [1.54, 1.807) is 6.21 Å². The first-order valence-corrected chi connectivity index (χ1v) is 9.21. The highest BCUT2D eigenvalue weighted by Crippen LogP contribution is 2.67. The normalized spacial score (nSPS) is 39.7. The summed E-state index contributed by atoms with van der Waals surface area (Å²) in [6.07, 6.45) is 5.02. The molecule has 21 heavy (non-hydrogen) atoms. The minimum Gasteiger partial charge on any atom is -0.299 e. The van der Waals surface area contributed by atoms with E-state index < -0.39 is 20.8 Å². The van der Waals surface area contributed by atoms with Crippen molar-refractivity contribution < 1.29 is 17.8 Å². The van der Waals surface area contributed by atoms with E-state index in [2.05, 4.69) is 4.99 Å². The first kappa shape index (κ1) is 15.2. The van der Waals surface area contributed by atoms with Crippen molar-refractivity contribution in [2.75, 3.05) is 6.54 Å². The van der Waals surface area contributed by atoms with Gasteiger partial charge in [0, 0.05) is 25.1 Å². The molecule has 2 bridgehead atoms. The fourth-order valence-electron chi connectivity index (χ4n) is 5.15. The lowest BCUT2D eigenvalue weighted by Gasteiger charge is -2.44. The van der Waals surface area contributed by atoms with E-state index in [9.17, 15) is 17.8 Å². The van der Waals surface area contributed by atoms with Crippen molar-refractivity contribution in [3.05, 3.63) is 0 Å². The molecule has 5 nitrogen and oxygen atoms in total. The fraction of sp³-hybridized carbons (Fsp3) is 0.867. The molecule has 0 aromatic heterocycles. The maximum absolute atomic E-state index is 12.7. The summed E-state index contributed by atoms with van der Waals surface area (Å²) in [6, 6.07) is 0. The number of hydrogen-bond acceptors (Lipinski definition) is 4. The summed E-state index contributed by atoms with van der Waals surface area (Å²) < 4.78 is 34.3. The number of ketones is 1. The molecule has 1 N–H and O–H groups in total. The lowest BCUT2D eigenvalue weighted by molar-refractivity contribution is -0.130. The van der Waals surface area contributed by atoms with Gasteiger partial charge in [0.2, 0.25) is 0 Å². The number of aliphatic imine (C=N–C) groups is 1. The Morgan fingerprint density at radius 2 is 2.10 bits per heavy atom.